The third-order valence-corrected chi connectivity index (χ3v) is 2.26. The fraction of sp³-hybridized carbons (Fsp3) is 0.500. The summed E-state index contributed by atoms with van der Waals surface area (Å²) in [6.07, 6.45) is -1.64. The molecule has 0 fully saturated rings. The quantitative estimate of drug-likeness (QED) is 0.792. The first-order valence-corrected chi connectivity index (χ1v) is 7.16. The van der Waals surface area contributed by atoms with Gasteiger partial charge in [-0.2, -0.15) is 5.01 Å². The number of hydrazine groups is 1. The summed E-state index contributed by atoms with van der Waals surface area (Å²) in [5.41, 5.74) is 1.06. The Morgan fingerprint density at radius 3 is 1.87 bits per heavy atom. The van der Waals surface area contributed by atoms with E-state index in [0.29, 0.717) is 0 Å². The number of amides is 2. The molecule has 128 valence electrons. The smallest absolute Gasteiger partial charge is 0.434 e. The van der Waals surface area contributed by atoms with E-state index in [1.54, 1.807) is 41.5 Å². The molecule has 0 heterocycles. The first-order valence-electron chi connectivity index (χ1n) is 7.16. The van der Waals surface area contributed by atoms with E-state index in [1.807, 2.05) is 0 Å². The maximum atomic E-state index is 13.1. The Kier molecular flexibility index (Phi) is 5.58. The highest BCUT2D eigenvalue weighted by Crippen LogP contribution is 2.18. The Bertz CT molecular complexity index is 559. The fourth-order valence-electron chi connectivity index (χ4n) is 1.51. The normalized spacial score (nSPS) is 11.6. The molecule has 0 radical (unpaired) electrons. The molecule has 7 heteroatoms. The predicted octanol–water partition coefficient (Wildman–Crippen LogP) is 4.01. The van der Waals surface area contributed by atoms with Gasteiger partial charge in [0, 0.05) is 0 Å². The summed E-state index contributed by atoms with van der Waals surface area (Å²) < 4.78 is 23.4. The van der Waals surface area contributed by atoms with Gasteiger partial charge in [0.25, 0.3) is 0 Å². The number of carbonyl (C=O) groups excluding carboxylic acids is 2. The zero-order valence-corrected chi connectivity index (χ0v) is 14.3. The summed E-state index contributed by atoms with van der Waals surface area (Å²) in [4.78, 5) is 24.2. The second-order valence-electron chi connectivity index (χ2n) is 6.91. The Morgan fingerprint density at radius 1 is 0.957 bits per heavy atom. The highest BCUT2D eigenvalue weighted by Gasteiger charge is 2.27. The molecule has 1 rings (SSSR count). The van der Waals surface area contributed by atoms with Gasteiger partial charge in [0.15, 0.2) is 0 Å². The molecule has 0 bridgehead atoms. The highest BCUT2D eigenvalue weighted by atomic mass is 19.1. The molecule has 23 heavy (non-hydrogen) atoms. The van der Waals surface area contributed by atoms with Gasteiger partial charge in [0.05, 0.1) is 5.69 Å². The average molecular weight is 326 g/mol. The van der Waals surface area contributed by atoms with Crippen LogP contribution >= 0.6 is 0 Å². The maximum Gasteiger partial charge on any atom is 0.434 e. The van der Waals surface area contributed by atoms with Crippen LogP contribution in [0.5, 0.6) is 0 Å². The van der Waals surface area contributed by atoms with Crippen molar-refractivity contribution < 1.29 is 23.5 Å². The van der Waals surface area contributed by atoms with Gasteiger partial charge < -0.3 is 9.47 Å². The lowest BCUT2D eigenvalue weighted by atomic mass is 10.2. The Morgan fingerprint density at radius 2 is 1.43 bits per heavy atom. The van der Waals surface area contributed by atoms with Crippen LogP contribution in [0.25, 0.3) is 0 Å². The van der Waals surface area contributed by atoms with Gasteiger partial charge in [-0.1, -0.05) is 0 Å². The lowest BCUT2D eigenvalue weighted by molar-refractivity contribution is 0.0425. The number of ether oxygens (including phenoxy) is 2. The predicted molar refractivity (Wildman–Crippen MR) is 84.5 cm³/mol. The molecule has 6 nitrogen and oxygen atoms in total. The summed E-state index contributed by atoms with van der Waals surface area (Å²) in [6, 6.07) is 5.03. The second kappa shape index (κ2) is 6.85. The van der Waals surface area contributed by atoms with Gasteiger partial charge >= 0.3 is 12.2 Å². The average Bonchev–Trinajstić information content (AvgIpc) is 2.33. The molecule has 1 N–H and O–H groups in total. The van der Waals surface area contributed by atoms with Crippen LogP contribution in [0.3, 0.4) is 0 Å². The topological polar surface area (TPSA) is 67.9 Å². The van der Waals surface area contributed by atoms with Crippen LogP contribution in [0.1, 0.15) is 41.5 Å². The molecule has 0 saturated heterocycles. The fourth-order valence-corrected chi connectivity index (χ4v) is 1.51. The number of rotatable bonds is 1. The third-order valence-electron chi connectivity index (χ3n) is 2.26. The van der Waals surface area contributed by atoms with E-state index >= 15 is 0 Å². The molecule has 1 aromatic carbocycles. The SMILES string of the molecule is CC(C)(C)OC(=O)NN(C(=O)OC(C)(C)C)c1ccc(F)cc1. The summed E-state index contributed by atoms with van der Waals surface area (Å²) in [5, 5.41) is 0.874. The minimum atomic E-state index is -0.826. The zero-order valence-electron chi connectivity index (χ0n) is 14.3. The molecule has 0 aliphatic rings. The van der Waals surface area contributed by atoms with Crippen molar-refractivity contribution in [3.05, 3.63) is 30.1 Å². The molecule has 0 spiro atoms. The van der Waals surface area contributed by atoms with Crippen LogP contribution in [-0.2, 0) is 9.47 Å². The van der Waals surface area contributed by atoms with E-state index in [1.165, 1.54) is 24.3 Å². The minimum Gasteiger partial charge on any atom is -0.443 e. The van der Waals surface area contributed by atoms with Gasteiger partial charge in [-0.15, -0.1) is 0 Å². The van der Waals surface area contributed by atoms with E-state index in [2.05, 4.69) is 5.43 Å². The third kappa shape index (κ3) is 6.99. The number of hydrogen-bond acceptors (Lipinski definition) is 4. The number of anilines is 1. The molecular weight excluding hydrogens is 303 g/mol. The molecule has 0 saturated carbocycles. The summed E-state index contributed by atoms with van der Waals surface area (Å²) in [6.45, 7) is 10.2. The van der Waals surface area contributed by atoms with Gasteiger partial charge in [-0.05, 0) is 65.8 Å². The molecule has 0 unspecified atom stereocenters. The minimum absolute atomic E-state index is 0.242. The number of benzene rings is 1. The number of halogens is 1. The second-order valence-corrected chi connectivity index (χ2v) is 6.91. The maximum absolute atomic E-state index is 13.1. The van der Waals surface area contributed by atoms with Crippen molar-refractivity contribution in [3.63, 3.8) is 0 Å². The van der Waals surface area contributed by atoms with Gasteiger partial charge in [-0.25, -0.2) is 19.4 Å². The molecule has 0 aliphatic heterocycles. The van der Waals surface area contributed by atoms with Crippen molar-refractivity contribution >= 4 is 17.9 Å². The van der Waals surface area contributed by atoms with Crippen LogP contribution in [-0.4, -0.2) is 23.4 Å². The van der Waals surface area contributed by atoms with Crippen LogP contribution in [0.4, 0.5) is 19.7 Å². The summed E-state index contributed by atoms with van der Waals surface area (Å²) in [5.74, 6) is -0.463. The summed E-state index contributed by atoms with van der Waals surface area (Å²) in [7, 11) is 0. The molecule has 0 aromatic heterocycles. The lowest BCUT2D eigenvalue weighted by Gasteiger charge is -2.28. The zero-order chi connectivity index (χ0) is 17.8. The number of carbonyl (C=O) groups is 2. The Labute approximate surface area is 135 Å². The summed E-state index contributed by atoms with van der Waals surface area (Å²) >= 11 is 0. The molecular formula is C16H23FN2O4. The van der Waals surface area contributed by atoms with Crippen molar-refractivity contribution in [1.82, 2.24) is 5.43 Å². The Hall–Kier alpha value is -2.31. The van der Waals surface area contributed by atoms with Crippen molar-refractivity contribution in [2.24, 2.45) is 0 Å². The van der Waals surface area contributed by atoms with Crippen LogP contribution < -0.4 is 10.4 Å². The van der Waals surface area contributed by atoms with E-state index in [-0.39, 0.29) is 5.69 Å². The van der Waals surface area contributed by atoms with Crippen molar-refractivity contribution in [2.45, 2.75) is 52.7 Å². The monoisotopic (exact) mass is 326 g/mol. The first-order chi connectivity index (χ1) is 10.4. The number of hydrogen-bond donors (Lipinski definition) is 1. The van der Waals surface area contributed by atoms with E-state index in [0.717, 1.165) is 5.01 Å². The lowest BCUT2D eigenvalue weighted by Crippen LogP contribution is -2.50. The number of nitrogens with one attached hydrogen (secondary N) is 1. The highest BCUT2D eigenvalue weighted by molar-refractivity contribution is 5.90. The molecule has 1 aromatic rings. The molecule has 0 aliphatic carbocycles. The molecule has 2 amide bonds. The van der Waals surface area contributed by atoms with Gasteiger partial charge in [0.2, 0.25) is 0 Å². The first kappa shape index (κ1) is 18.7. The standard InChI is InChI=1S/C16H23FN2O4/c1-15(2,3)22-13(20)18-19(14(21)23-16(4,5)6)12-9-7-11(17)8-10-12/h7-10H,1-6H3,(H,18,20). The largest absolute Gasteiger partial charge is 0.443 e. The van der Waals surface area contributed by atoms with Gasteiger partial charge in [-0.3, -0.25) is 0 Å². The van der Waals surface area contributed by atoms with Crippen molar-refractivity contribution in [2.75, 3.05) is 5.01 Å². The molecule has 0 atom stereocenters. The van der Waals surface area contributed by atoms with E-state index in [9.17, 15) is 14.0 Å². The van der Waals surface area contributed by atoms with Crippen molar-refractivity contribution in [1.29, 1.82) is 0 Å². The van der Waals surface area contributed by atoms with Crippen LogP contribution in [0.15, 0.2) is 24.3 Å². The van der Waals surface area contributed by atoms with Crippen LogP contribution in [0.2, 0.25) is 0 Å². The van der Waals surface area contributed by atoms with E-state index in [4.69, 9.17) is 9.47 Å². The van der Waals surface area contributed by atoms with Crippen LogP contribution in [0, 0.1) is 5.82 Å². The van der Waals surface area contributed by atoms with E-state index < -0.39 is 29.2 Å². The Balaban J connectivity index is 2.99. The number of nitrogens with zero attached hydrogens (tertiary/aromatic N) is 1. The van der Waals surface area contributed by atoms with Crippen molar-refractivity contribution in [3.8, 4) is 0 Å². The van der Waals surface area contributed by atoms with Gasteiger partial charge in [0.1, 0.15) is 17.0 Å².